The van der Waals surface area contributed by atoms with E-state index in [-0.39, 0.29) is 5.43 Å². The zero-order chi connectivity index (χ0) is 20.2. The summed E-state index contributed by atoms with van der Waals surface area (Å²) in [6.45, 7) is 4.79. The van der Waals surface area contributed by atoms with Crippen LogP contribution < -0.4 is 10.2 Å². The molecule has 7 heteroatoms. The van der Waals surface area contributed by atoms with Crippen molar-refractivity contribution in [1.29, 1.82) is 5.26 Å². The molecule has 1 aromatic heterocycles. The van der Waals surface area contributed by atoms with Crippen molar-refractivity contribution in [2.75, 3.05) is 26.0 Å². The molecule has 4 rings (SSSR count). The van der Waals surface area contributed by atoms with Crippen LogP contribution in [0.4, 0.5) is 0 Å². The number of nitrogens with zero attached hydrogens (tertiary/aromatic N) is 3. The van der Waals surface area contributed by atoms with E-state index >= 15 is 0 Å². The van der Waals surface area contributed by atoms with Gasteiger partial charge in [-0.25, -0.2) is 0 Å². The molecule has 29 heavy (non-hydrogen) atoms. The van der Waals surface area contributed by atoms with Crippen molar-refractivity contribution in [3.05, 3.63) is 63.2 Å². The van der Waals surface area contributed by atoms with E-state index in [1.807, 2.05) is 18.2 Å². The molecular formula is C22H25N3O3S. The van der Waals surface area contributed by atoms with Crippen molar-refractivity contribution in [3.8, 4) is 11.8 Å². The molecule has 0 unspecified atom stereocenters. The highest BCUT2D eigenvalue weighted by Crippen LogP contribution is 2.26. The van der Waals surface area contributed by atoms with E-state index in [4.69, 9.17) is 14.4 Å². The molecule has 0 N–H and O–H groups in total. The van der Waals surface area contributed by atoms with Crippen molar-refractivity contribution in [3.63, 3.8) is 0 Å². The third kappa shape index (κ3) is 4.84. The Morgan fingerprint density at radius 2 is 2.03 bits per heavy atom. The van der Waals surface area contributed by atoms with Gasteiger partial charge in [0.2, 0.25) is 11.2 Å². The minimum atomic E-state index is -0.128. The van der Waals surface area contributed by atoms with Crippen molar-refractivity contribution in [2.24, 2.45) is 5.92 Å². The third-order valence-corrected chi connectivity index (χ3v) is 6.54. The summed E-state index contributed by atoms with van der Waals surface area (Å²) in [5, 5.41) is 9.05. The van der Waals surface area contributed by atoms with Crippen LogP contribution in [-0.4, -0.2) is 35.2 Å². The monoisotopic (exact) mass is 411 g/mol. The van der Waals surface area contributed by atoms with E-state index < -0.39 is 0 Å². The first-order chi connectivity index (χ1) is 14.1. The summed E-state index contributed by atoms with van der Waals surface area (Å²) in [6, 6.07) is 9.50. The Kier molecular flexibility index (Phi) is 6.24. The molecule has 0 saturated carbocycles. The molecule has 2 aromatic rings. The number of rotatable bonds is 6. The first-order valence-electron chi connectivity index (χ1n) is 9.92. The zero-order valence-electron chi connectivity index (χ0n) is 16.6. The number of ether oxygens (including phenoxy) is 1. The Hall–Kier alpha value is -2.27. The van der Waals surface area contributed by atoms with Crippen LogP contribution in [0.2, 0.25) is 0 Å². The van der Waals surface area contributed by atoms with Gasteiger partial charge in [-0.15, -0.1) is 0 Å². The van der Waals surface area contributed by atoms with Crippen LogP contribution >= 0.6 is 11.9 Å². The summed E-state index contributed by atoms with van der Waals surface area (Å²) in [4.78, 5) is 14.6. The van der Waals surface area contributed by atoms with Crippen LogP contribution in [0.15, 0.2) is 39.7 Å². The van der Waals surface area contributed by atoms with Gasteiger partial charge in [0.05, 0.1) is 24.8 Å². The van der Waals surface area contributed by atoms with Crippen LogP contribution in [0.3, 0.4) is 0 Å². The van der Waals surface area contributed by atoms with Gasteiger partial charge in [-0.3, -0.25) is 14.0 Å². The zero-order valence-corrected chi connectivity index (χ0v) is 17.4. The first-order valence-corrected chi connectivity index (χ1v) is 11.1. The quantitative estimate of drug-likeness (QED) is 0.675. The average molecular weight is 412 g/mol. The van der Waals surface area contributed by atoms with Crippen LogP contribution in [0.25, 0.3) is 0 Å². The standard InChI is InChI=1S/C22H25N3O3S/c1-29-25-6-4-16(5-7-25)14-28-22-15-27-20(9-21(22)26)13-24-11-18-3-2-17(10-23)8-19(18)12-24/h2-3,8-9,15-16H,4-7,11-14H2,1H3. The molecule has 2 aliphatic heterocycles. The van der Waals surface area contributed by atoms with Crippen molar-refractivity contribution in [2.45, 2.75) is 32.5 Å². The van der Waals surface area contributed by atoms with E-state index in [2.05, 4.69) is 21.5 Å². The van der Waals surface area contributed by atoms with Crippen LogP contribution in [-0.2, 0) is 19.6 Å². The van der Waals surface area contributed by atoms with E-state index in [1.165, 1.54) is 23.5 Å². The number of hydrogen-bond acceptors (Lipinski definition) is 7. The van der Waals surface area contributed by atoms with Crippen LogP contribution in [0, 0.1) is 17.2 Å². The summed E-state index contributed by atoms with van der Waals surface area (Å²) in [5.41, 5.74) is 2.94. The molecule has 0 aliphatic carbocycles. The highest BCUT2D eigenvalue weighted by atomic mass is 32.2. The summed E-state index contributed by atoms with van der Waals surface area (Å²) < 4.78 is 13.8. The molecule has 1 saturated heterocycles. The maximum atomic E-state index is 12.4. The van der Waals surface area contributed by atoms with Gasteiger partial charge in [-0.2, -0.15) is 5.26 Å². The maximum Gasteiger partial charge on any atom is 0.227 e. The van der Waals surface area contributed by atoms with Gasteiger partial charge in [0.25, 0.3) is 0 Å². The summed E-state index contributed by atoms with van der Waals surface area (Å²) in [7, 11) is 0. The van der Waals surface area contributed by atoms with E-state index in [9.17, 15) is 4.79 Å². The number of piperidine rings is 1. The fourth-order valence-electron chi connectivity index (χ4n) is 3.96. The Bertz CT molecular complexity index is 961. The van der Waals surface area contributed by atoms with Crippen molar-refractivity contribution >= 4 is 11.9 Å². The average Bonchev–Trinajstić information content (AvgIpc) is 3.14. The van der Waals surface area contributed by atoms with Crippen LogP contribution in [0.1, 0.15) is 35.3 Å². The SMILES string of the molecule is CSN1CCC(COc2coc(CN3Cc4ccc(C#N)cc4C3)cc2=O)CC1. The highest BCUT2D eigenvalue weighted by Gasteiger charge is 2.22. The minimum Gasteiger partial charge on any atom is -0.486 e. The fourth-order valence-corrected chi connectivity index (χ4v) is 4.54. The molecule has 0 atom stereocenters. The molecule has 6 nitrogen and oxygen atoms in total. The molecule has 1 fully saturated rings. The Morgan fingerprint density at radius 3 is 2.76 bits per heavy atom. The Morgan fingerprint density at radius 1 is 1.24 bits per heavy atom. The normalized spacial score (nSPS) is 17.8. The Balaban J connectivity index is 1.31. The number of fused-ring (bicyclic) bond motifs is 1. The molecular weight excluding hydrogens is 386 g/mol. The van der Waals surface area contributed by atoms with Gasteiger partial charge in [-0.05, 0) is 48.3 Å². The molecule has 3 heterocycles. The van der Waals surface area contributed by atoms with E-state index in [0.717, 1.165) is 39.0 Å². The molecule has 0 spiro atoms. The van der Waals surface area contributed by atoms with Gasteiger partial charge < -0.3 is 9.15 Å². The van der Waals surface area contributed by atoms with Crippen LogP contribution in [0.5, 0.6) is 5.75 Å². The minimum absolute atomic E-state index is 0.128. The molecule has 1 aromatic carbocycles. The second kappa shape index (κ2) is 9.04. The first kappa shape index (κ1) is 20.0. The van der Waals surface area contributed by atoms with Gasteiger partial charge >= 0.3 is 0 Å². The number of nitriles is 1. The van der Waals surface area contributed by atoms with Gasteiger partial charge in [-0.1, -0.05) is 18.0 Å². The predicted octanol–water partition coefficient (Wildman–Crippen LogP) is 3.40. The summed E-state index contributed by atoms with van der Waals surface area (Å²) in [6.07, 6.45) is 5.74. The van der Waals surface area contributed by atoms with Crippen molar-refractivity contribution < 1.29 is 9.15 Å². The number of benzene rings is 1. The lowest BCUT2D eigenvalue weighted by atomic mass is 9.99. The van der Waals surface area contributed by atoms with Gasteiger partial charge in [0.15, 0.2) is 0 Å². The second-order valence-electron chi connectivity index (χ2n) is 7.68. The molecule has 152 valence electrons. The second-order valence-corrected chi connectivity index (χ2v) is 8.56. The molecule has 0 radical (unpaired) electrons. The smallest absolute Gasteiger partial charge is 0.227 e. The topological polar surface area (TPSA) is 69.7 Å². The lowest BCUT2D eigenvalue weighted by Crippen LogP contribution is -2.31. The fraction of sp³-hybridized carbons (Fsp3) is 0.455. The molecule has 2 aliphatic rings. The number of hydrogen-bond donors (Lipinski definition) is 0. The molecule has 0 amide bonds. The van der Waals surface area contributed by atoms with Gasteiger partial charge in [0.1, 0.15) is 12.0 Å². The molecule has 0 bridgehead atoms. The third-order valence-electron chi connectivity index (χ3n) is 5.66. The van der Waals surface area contributed by atoms with E-state index in [0.29, 0.717) is 36.1 Å². The van der Waals surface area contributed by atoms with Gasteiger partial charge in [0, 0.05) is 32.2 Å². The lowest BCUT2D eigenvalue weighted by molar-refractivity contribution is 0.184. The predicted molar refractivity (Wildman–Crippen MR) is 112 cm³/mol. The highest BCUT2D eigenvalue weighted by molar-refractivity contribution is 7.96. The maximum absolute atomic E-state index is 12.4. The van der Waals surface area contributed by atoms with E-state index in [1.54, 1.807) is 11.9 Å². The van der Waals surface area contributed by atoms with Crippen molar-refractivity contribution in [1.82, 2.24) is 9.21 Å². The summed E-state index contributed by atoms with van der Waals surface area (Å²) in [5.74, 6) is 1.41. The Labute approximate surface area is 175 Å². The lowest BCUT2D eigenvalue weighted by Gasteiger charge is -2.29. The summed E-state index contributed by atoms with van der Waals surface area (Å²) >= 11 is 1.79. The largest absolute Gasteiger partial charge is 0.486 e.